The molecule has 0 aromatic heterocycles. The van der Waals surface area contributed by atoms with Gasteiger partial charge >= 0.3 is 0 Å². The van der Waals surface area contributed by atoms with Crippen molar-refractivity contribution in [1.29, 1.82) is 5.26 Å². The van der Waals surface area contributed by atoms with Crippen LogP contribution < -0.4 is 14.8 Å². The van der Waals surface area contributed by atoms with Gasteiger partial charge in [0.2, 0.25) is 0 Å². The third-order valence-electron chi connectivity index (χ3n) is 4.35. The molecule has 0 heterocycles. The largest absolute Gasteiger partial charge is 0.497 e. The Hall–Kier alpha value is -3.30. The molecule has 28 heavy (non-hydrogen) atoms. The van der Waals surface area contributed by atoms with Gasteiger partial charge in [0.1, 0.15) is 23.1 Å². The van der Waals surface area contributed by atoms with Crippen LogP contribution >= 0.6 is 0 Å². The van der Waals surface area contributed by atoms with Gasteiger partial charge in [0.05, 0.1) is 20.3 Å². The van der Waals surface area contributed by atoms with E-state index in [1.54, 1.807) is 32.4 Å². The van der Waals surface area contributed by atoms with Crippen LogP contribution in [-0.4, -0.2) is 45.7 Å². The highest BCUT2D eigenvalue weighted by Crippen LogP contribution is 2.21. The van der Waals surface area contributed by atoms with Crippen molar-refractivity contribution in [2.24, 2.45) is 0 Å². The minimum absolute atomic E-state index is 0.0355. The molecule has 1 unspecified atom stereocenters. The second-order valence-electron chi connectivity index (χ2n) is 6.41. The van der Waals surface area contributed by atoms with Gasteiger partial charge < -0.3 is 19.7 Å². The predicted molar refractivity (Wildman–Crippen MR) is 109 cm³/mol. The number of benzene rings is 2. The zero-order chi connectivity index (χ0) is 20.5. The van der Waals surface area contributed by atoms with Crippen LogP contribution in [0.1, 0.15) is 17.2 Å². The van der Waals surface area contributed by atoms with Gasteiger partial charge in [-0.05, 0) is 55.6 Å². The SMILES string of the molecule is COc1ccc(C(CNC(=O)/C(C#N)=C/c2cccc(OC)c2)N(C)C)cc1. The number of hydrogen-bond donors (Lipinski definition) is 1. The van der Waals surface area contributed by atoms with Crippen molar-refractivity contribution in [1.82, 2.24) is 10.2 Å². The van der Waals surface area contributed by atoms with E-state index in [0.717, 1.165) is 16.9 Å². The summed E-state index contributed by atoms with van der Waals surface area (Å²) in [6.45, 7) is 0.370. The number of ether oxygens (including phenoxy) is 2. The summed E-state index contributed by atoms with van der Waals surface area (Å²) in [7, 11) is 7.08. The Balaban J connectivity index is 2.11. The van der Waals surface area contributed by atoms with Crippen LogP contribution in [-0.2, 0) is 4.79 Å². The fraction of sp³-hybridized carbons (Fsp3) is 0.273. The third-order valence-corrected chi connectivity index (χ3v) is 4.35. The Morgan fingerprint density at radius 2 is 1.82 bits per heavy atom. The van der Waals surface area contributed by atoms with Crippen molar-refractivity contribution in [3.05, 3.63) is 65.2 Å². The lowest BCUT2D eigenvalue weighted by atomic mass is 10.1. The molecule has 0 aliphatic carbocycles. The van der Waals surface area contributed by atoms with Gasteiger partial charge in [0.15, 0.2) is 0 Å². The molecule has 2 aromatic rings. The van der Waals surface area contributed by atoms with E-state index < -0.39 is 5.91 Å². The summed E-state index contributed by atoms with van der Waals surface area (Å²) < 4.78 is 10.4. The molecular formula is C22H25N3O3. The average Bonchev–Trinajstić information content (AvgIpc) is 2.72. The van der Waals surface area contributed by atoms with Crippen LogP contribution in [0.5, 0.6) is 11.5 Å². The standard InChI is InChI=1S/C22H25N3O3/c1-25(2)21(17-8-10-19(27-3)11-9-17)15-24-22(26)18(14-23)12-16-6-5-7-20(13-16)28-4/h5-13,21H,15H2,1-4H3,(H,24,26)/b18-12+. The van der Waals surface area contributed by atoms with Gasteiger partial charge in [-0.2, -0.15) is 5.26 Å². The smallest absolute Gasteiger partial charge is 0.262 e. The van der Waals surface area contributed by atoms with E-state index in [2.05, 4.69) is 5.32 Å². The van der Waals surface area contributed by atoms with E-state index >= 15 is 0 Å². The molecule has 6 nitrogen and oxygen atoms in total. The lowest BCUT2D eigenvalue weighted by molar-refractivity contribution is -0.117. The summed E-state index contributed by atoms with van der Waals surface area (Å²) in [6.07, 6.45) is 1.55. The molecule has 146 valence electrons. The number of amides is 1. The van der Waals surface area contributed by atoms with E-state index in [0.29, 0.717) is 12.3 Å². The van der Waals surface area contributed by atoms with Crippen molar-refractivity contribution >= 4 is 12.0 Å². The number of nitrogens with one attached hydrogen (secondary N) is 1. The Kier molecular flexibility index (Phi) is 7.61. The molecule has 2 rings (SSSR count). The number of rotatable bonds is 8. The van der Waals surface area contributed by atoms with Crippen molar-refractivity contribution < 1.29 is 14.3 Å². The van der Waals surface area contributed by atoms with Gasteiger partial charge in [0.25, 0.3) is 5.91 Å². The van der Waals surface area contributed by atoms with Crippen LogP contribution in [0.15, 0.2) is 54.1 Å². The molecule has 0 spiro atoms. The molecular weight excluding hydrogens is 354 g/mol. The van der Waals surface area contributed by atoms with Crippen molar-refractivity contribution in [2.45, 2.75) is 6.04 Å². The number of likely N-dealkylation sites (N-methyl/N-ethyl adjacent to an activating group) is 1. The molecule has 0 saturated carbocycles. The first-order chi connectivity index (χ1) is 13.5. The molecule has 0 fully saturated rings. The second-order valence-corrected chi connectivity index (χ2v) is 6.41. The lowest BCUT2D eigenvalue weighted by Gasteiger charge is -2.25. The van der Waals surface area contributed by atoms with Gasteiger partial charge in [-0.25, -0.2) is 0 Å². The summed E-state index contributed by atoms with van der Waals surface area (Å²) >= 11 is 0. The Morgan fingerprint density at radius 3 is 2.39 bits per heavy atom. The average molecular weight is 379 g/mol. The Morgan fingerprint density at radius 1 is 1.14 bits per heavy atom. The van der Waals surface area contributed by atoms with Crippen molar-refractivity contribution in [3.63, 3.8) is 0 Å². The quantitative estimate of drug-likeness (QED) is 0.564. The number of nitrogens with zero attached hydrogens (tertiary/aromatic N) is 2. The van der Waals surface area contributed by atoms with Crippen LogP contribution in [0.4, 0.5) is 0 Å². The topological polar surface area (TPSA) is 74.6 Å². The van der Waals surface area contributed by atoms with Gasteiger partial charge in [0, 0.05) is 6.54 Å². The van der Waals surface area contributed by atoms with Gasteiger partial charge in [-0.1, -0.05) is 24.3 Å². The van der Waals surface area contributed by atoms with E-state index in [1.807, 2.05) is 61.5 Å². The minimum atomic E-state index is -0.411. The number of carbonyl (C=O) groups excluding carboxylic acids is 1. The molecule has 1 N–H and O–H groups in total. The van der Waals surface area contributed by atoms with E-state index in [-0.39, 0.29) is 11.6 Å². The zero-order valence-corrected chi connectivity index (χ0v) is 16.6. The first-order valence-electron chi connectivity index (χ1n) is 8.83. The van der Waals surface area contributed by atoms with Gasteiger partial charge in [-0.15, -0.1) is 0 Å². The third kappa shape index (κ3) is 5.60. The zero-order valence-electron chi connectivity index (χ0n) is 16.6. The van der Waals surface area contributed by atoms with Gasteiger partial charge in [-0.3, -0.25) is 4.79 Å². The van der Waals surface area contributed by atoms with E-state index in [9.17, 15) is 10.1 Å². The van der Waals surface area contributed by atoms with E-state index in [1.165, 1.54) is 0 Å². The Bertz CT molecular complexity index is 867. The van der Waals surface area contributed by atoms with Crippen LogP contribution in [0.25, 0.3) is 6.08 Å². The molecule has 0 bridgehead atoms. The first kappa shape index (κ1) is 21.0. The number of hydrogen-bond acceptors (Lipinski definition) is 5. The lowest BCUT2D eigenvalue weighted by Crippen LogP contribution is -2.35. The second kappa shape index (κ2) is 10.1. The minimum Gasteiger partial charge on any atom is -0.497 e. The van der Waals surface area contributed by atoms with E-state index in [4.69, 9.17) is 9.47 Å². The normalized spacial score (nSPS) is 12.2. The maximum absolute atomic E-state index is 12.5. The van der Waals surface area contributed by atoms with Crippen molar-refractivity contribution in [3.8, 4) is 17.6 Å². The molecule has 1 atom stereocenters. The number of nitriles is 1. The highest BCUT2D eigenvalue weighted by molar-refractivity contribution is 6.01. The summed E-state index contributed by atoms with van der Waals surface area (Å²) in [4.78, 5) is 14.5. The number of carbonyl (C=O) groups is 1. The molecule has 0 aliphatic rings. The summed E-state index contributed by atoms with van der Waals surface area (Å²) in [5, 5.41) is 12.3. The summed E-state index contributed by atoms with van der Waals surface area (Å²) in [5.74, 6) is 1.03. The summed E-state index contributed by atoms with van der Waals surface area (Å²) in [6, 6.07) is 16.8. The fourth-order valence-electron chi connectivity index (χ4n) is 2.76. The maximum Gasteiger partial charge on any atom is 0.262 e. The number of methoxy groups -OCH3 is 2. The highest BCUT2D eigenvalue weighted by atomic mass is 16.5. The monoisotopic (exact) mass is 379 g/mol. The molecule has 6 heteroatoms. The highest BCUT2D eigenvalue weighted by Gasteiger charge is 2.17. The maximum atomic E-state index is 12.5. The summed E-state index contributed by atoms with van der Waals surface area (Å²) in [5.41, 5.74) is 1.81. The molecule has 0 aliphatic heterocycles. The molecule has 1 amide bonds. The van der Waals surface area contributed by atoms with Crippen molar-refractivity contribution in [2.75, 3.05) is 34.9 Å². The van der Waals surface area contributed by atoms with Crippen LogP contribution in [0.2, 0.25) is 0 Å². The molecule has 0 radical (unpaired) electrons. The molecule has 2 aromatic carbocycles. The molecule has 0 saturated heterocycles. The predicted octanol–water partition coefficient (Wildman–Crippen LogP) is 3.03. The van der Waals surface area contributed by atoms with Crippen LogP contribution in [0, 0.1) is 11.3 Å². The first-order valence-corrected chi connectivity index (χ1v) is 8.83. The van der Waals surface area contributed by atoms with Crippen LogP contribution in [0.3, 0.4) is 0 Å². The Labute approximate surface area is 166 Å². The fourth-order valence-corrected chi connectivity index (χ4v) is 2.76.